The van der Waals surface area contributed by atoms with Crippen molar-refractivity contribution >= 4 is 21.7 Å². The van der Waals surface area contributed by atoms with Crippen LogP contribution in [0.25, 0.3) is 0 Å². The molecule has 0 aliphatic carbocycles. The van der Waals surface area contributed by atoms with Gasteiger partial charge >= 0.3 is 0 Å². The van der Waals surface area contributed by atoms with Crippen LogP contribution < -0.4 is 5.32 Å². The van der Waals surface area contributed by atoms with Gasteiger partial charge in [-0.05, 0) is 45.8 Å². The van der Waals surface area contributed by atoms with E-state index in [4.69, 9.17) is 0 Å². The fourth-order valence-electron chi connectivity index (χ4n) is 1.22. The minimum absolute atomic E-state index is 0.324. The molecule has 0 radical (unpaired) electrons. The van der Waals surface area contributed by atoms with Crippen molar-refractivity contribution in [1.29, 1.82) is 0 Å². The number of aryl methyl sites for hydroxylation is 1. The zero-order chi connectivity index (χ0) is 12.3. The maximum absolute atomic E-state index is 4.37. The van der Waals surface area contributed by atoms with Crippen LogP contribution in [0.4, 0.5) is 5.82 Å². The van der Waals surface area contributed by atoms with E-state index in [2.05, 4.69) is 60.0 Å². The third-order valence-corrected chi connectivity index (χ3v) is 3.64. The summed E-state index contributed by atoms with van der Waals surface area (Å²) in [6.45, 7) is 12.0. The Morgan fingerprint density at radius 1 is 1.44 bits per heavy atom. The molecule has 0 bridgehead atoms. The van der Waals surface area contributed by atoms with Crippen molar-refractivity contribution in [2.75, 3.05) is 11.9 Å². The summed E-state index contributed by atoms with van der Waals surface area (Å²) in [7, 11) is 0. The molecule has 0 spiro atoms. The van der Waals surface area contributed by atoms with Crippen LogP contribution in [0.3, 0.4) is 0 Å². The van der Waals surface area contributed by atoms with Crippen LogP contribution in [-0.2, 0) is 0 Å². The molecule has 1 heterocycles. The van der Waals surface area contributed by atoms with E-state index >= 15 is 0 Å². The molecule has 1 atom stereocenters. The molecule has 0 aromatic carbocycles. The molecule has 1 rings (SSSR count). The number of anilines is 1. The van der Waals surface area contributed by atoms with Crippen LogP contribution in [0.5, 0.6) is 0 Å². The van der Waals surface area contributed by atoms with E-state index in [1.165, 1.54) is 5.56 Å². The Kier molecular flexibility index (Phi) is 4.36. The summed E-state index contributed by atoms with van der Waals surface area (Å²) in [4.78, 5) is 4.37. The molecule has 1 N–H and O–H groups in total. The van der Waals surface area contributed by atoms with Crippen LogP contribution in [0.15, 0.2) is 16.7 Å². The first-order chi connectivity index (χ1) is 7.30. The van der Waals surface area contributed by atoms with Crippen molar-refractivity contribution in [3.8, 4) is 0 Å². The van der Waals surface area contributed by atoms with E-state index in [-0.39, 0.29) is 0 Å². The van der Waals surface area contributed by atoms with Crippen molar-refractivity contribution in [3.05, 3.63) is 22.3 Å². The van der Waals surface area contributed by atoms with Gasteiger partial charge in [0.05, 0.1) is 4.47 Å². The predicted octanol–water partition coefficient (Wildman–Crippen LogP) is 4.25. The Balaban J connectivity index is 2.62. The van der Waals surface area contributed by atoms with Gasteiger partial charge in [-0.2, -0.15) is 0 Å². The Morgan fingerprint density at radius 3 is 2.56 bits per heavy atom. The normalized spacial score (nSPS) is 13.6. The maximum Gasteiger partial charge on any atom is 0.140 e. The first-order valence-corrected chi connectivity index (χ1v) is 6.46. The fraction of sp³-hybridized carbons (Fsp3) is 0.615. The molecule has 16 heavy (non-hydrogen) atoms. The van der Waals surface area contributed by atoms with Crippen molar-refractivity contribution in [2.24, 2.45) is 11.3 Å². The Morgan fingerprint density at radius 2 is 2.06 bits per heavy atom. The second-order valence-electron chi connectivity index (χ2n) is 5.49. The van der Waals surface area contributed by atoms with Crippen LogP contribution in [0.2, 0.25) is 0 Å². The molecule has 2 nitrogen and oxygen atoms in total. The summed E-state index contributed by atoms with van der Waals surface area (Å²) in [6.07, 6.45) is 1.88. The Bertz CT molecular complexity index is 355. The smallest absolute Gasteiger partial charge is 0.140 e. The van der Waals surface area contributed by atoms with Crippen molar-refractivity contribution < 1.29 is 0 Å². The maximum atomic E-state index is 4.37. The Hall–Kier alpha value is -0.570. The average molecular weight is 285 g/mol. The van der Waals surface area contributed by atoms with E-state index in [1.54, 1.807) is 0 Å². The number of halogens is 1. The van der Waals surface area contributed by atoms with Gasteiger partial charge in [-0.25, -0.2) is 4.98 Å². The average Bonchev–Trinajstić information content (AvgIpc) is 2.14. The third kappa shape index (κ3) is 3.78. The second-order valence-corrected chi connectivity index (χ2v) is 6.35. The number of nitrogens with zero attached hydrogens (tertiary/aromatic N) is 1. The van der Waals surface area contributed by atoms with Crippen molar-refractivity contribution in [2.45, 2.75) is 34.6 Å². The van der Waals surface area contributed by atoms with E-state index in [1.807, 2.05) is 13.1 Å². The highest BCUT2D eigenvalue weighted by Gasteiger charge is 2.19. The van der Waals surface area contributed by atoms with Crippen LogP contribution in [0.1, 0.15) is 33.3 Å². The second kappa shape index (κ2) is 5.17. The largest absolute Gasteiger partial charge is 0.369 e. The zero-order valence-electron chi connectivity index (χ0n) is 10.8. The van der Waals surface area contributed by atoms with Gasteiger partial charge in [0.15, 0.2) is 0 Å². The van der Waals surface area contributed by atoms with Gasteiger partial charge in [0, 0.05) is 12.7 Å². The standard InChI is InChI=1S/C13H21BrN2/c1-9-6-11(14)12(15-7-9)16-8-10(2)13(3,4)5/h6-7,10H,8H2,1-5H3,(H,15,16). The molecule has 1 aromatic heterocycles. The third-order valence-electron chi connectivity index (χ3n) is 3.03. The van der Waals surface area contributed by atoms with E-state index in [9.17, 15) is 0 Å². The van der Waals surface area contributed by atoms with Gasteiger partial charge < -0.3 is 5.32 Å². The zero-order valence-corrected chi connectivity index (χ0v) is 12.4. The Labute approximate surface area is 107 Å². The quantitative estimate of drug-likeness (QED) is 0.898. The van der Waals surface area contributed by atoms with Gasteiger partial charge in [-0.15, -0.1) is 0 Å². The van der Waals surface area contributed by atoms with Crippen LogP contribution in [0, 0.1) is 18.3 Å². The summed E-state index contributed by atoms with van der Waals surface area (Å²) in [6, 6.07) is 2.08. The lowest BCUT2D eigenvalue weighted by molar-refractivity contribution is 0.274. The van der Waals surface area contributed by atoms with Gasteiger partial charge in [0.2, 0.25) is 0 Å². The summed E-state index contributed by atoms with van der Waals surface area (Å²) in [5.74, 6) is 1.53. The van der Waals surface area contributed by atoms with Gasteiger partial charge in [0.1, 0.15) is 5.82 Å². The highest BCUT2D eigenvalue weighted by molar-refractivity contribution is 9.10. The summed E-state index contributed by atoms with van der Waals surface area (Å²) < 4.78 is 1.04. The molecule has 1 aromatic rings. The van der Waals surface area contributed by atoms with Crippen molar-refractivity contribution in [3.63, 3.8) is 0 Å². The summed E-state index contributed by atoms with van der Waals surface area (Å²) >= 11 is 3.52. The molecule has 90 valence electrons. The van der Waals surface area contributed by atoms with E-state index in [0.29, 0.717) is 11.3 Å². The van der Waals surface area contributed by atoms with Gasteiger partial charge in [0.25, 0.3) is 0 Å². The number of hydrogen-bond donors (Lipinski definition) is 1. The number of rotatable bonds is 3. The molecule has 0 amide bonds. The monoisotopic (exact) mass is 284 g/mol. The van der Waals surface area contributed by atoms with Crippen LogP contribution >= 0.6 is 15.9 Å². The fourth-order valence-corrected chi connectivity index (χ4v) is 1.82. The molecule has 1 unspecified atom stereocenters. The van der Waals surface area contributed by atoms with Crippen LogP contribution in [-0.4, -0.2) is 11.5 Å². The summed E-state index contributed by atoms with van der Waals surface area (Å²) in [5, 5.41) is 3.39. The number of pyridine rings is 1. The minimum Gasteiger partial charge on any atom is -0.369 e. The van der Waals surface area contributed by atoms with E-state index < -0.39 is 0 Å². The molecule has 0 aliphatic rings. The number of aromatic nitrogens is 1. The topological polar surface area (TPSA) is 24.9 Å². The minimum atomic E-state index is 0.324. The molecular weight excluding hydrogens is 264 g/mol. The lowest BCUT2D eigenvalue weighted by Gasteiger charge is -2.27. The first-order valence-electron chi connectivity index (χ1n) is 5.66. The molecular formula is C13H21BrN2. The predicted molar refractivity (Wildman–Crippen MR) is 73.8 cm³/mol. The SMILES string of the molecule is Cc1cnc(NCC(C)C(C)(C)C)c(Br)c1. The number of nitrogens with one attached hydrogen (secondary N) is 1. The molecule has 0 saturated carbocycles. The lowest BCUT2D eigenvalue weighted by atomic mass is 9.82. The molecule has 0 fully saturated rings. The highest BCUT2D eigenvalue weighted by Crippen LogP contribution is 2.26. The molecule has 0 saturated heterocycles. The first kappa shape index (κ1) is 13.5. The highest BCUT2D eigenvalue weighted by atomic mass is 79.9. The van der Waals surface area contributed by atoms with Gasteiger partial charge in [-0.1, -0.05) is 27.7 Å². The molecule has 3 heteroatoms. The lowest BCUT2D eigenvalue weighted by Crippen LogP contribution is -2.25. The van der Waals surface area contributed by atoms with Gasteiger partial charge in [-0.3, -0.25) is 0 Å². The number of hydrogen-bond acceptors (Lipinski definition) is 2. The van der Waals surface area contributed by atoms with Crippen molar-refractivity contribution in [1.82, 2.24) is 4.98 Å². The molecule has 0 aliphatic heterocycles. The van der Waals surface area contributed by atoms with E-state index in [0.717, 1.165) is 16.8 Å². The summed E-state index contributed by atoms with van der Waals surface area (Å²) in [5.41, 5.74) is 1.49.